The number of fused-ring (bicyclic) bond motifs is 1. The number of rotatable bonds is 5. The molecule has 0 bridgehead atoms. The number of aromatic nitrogens is 3. The highest BCUT2D eigenvalue weighted by Gasteiger charge is 2.28. The highest BCUT2D eigenvalue weighted by molar-refractivity contribution is 6.33. The maximum Gasteiger partial charge on any atom is 0.264 e. The SMILES string of the molecule is Cc1onc(-c2ccccc2Cl)c1C(=O)N(Cc1cnc2ccccn12)c1ccccc1. The summed E-state index contributed by atoms with van der Waals surface area (Å²) in [5, 5.41) is 4.67. The molecule has 0 aliphatic carbocycles. The van der Waals surface area contributed by atoms with Crippen molar-refractivity contribution in [1.29, 1.82) is 0 Å². The Hall–Kier alpha value is -3.90. The quantitative estimate of drug-likeness (QED) is 0.345. The van der Waals surface area contributed by atoms with E-state index in [1.54, 1.807) is 24.1 Å². The molecule has 5 aromatic rings. The second kappa shape index (κ2) is 8.32. The van der Waals surface area contributed by atoms with E-state index in [0.717, 1.165) is 17.0 Å². The number of amides is 1. The Morgan fingerprint density at radius 1 is 1.03 bits per heavy atom. The molecule has 0 saturated carbocycles. The first-order chi connectivity index (χ1) is 15.6. The molecule has 32 heavy (non-hydrogen) atoms. The molecule has 7 heteroatoms. The van der Waals surface area contributed by atoms with Gasteiger partial charge in [0.2, 0.25) is 0 Å². The third-order valence-electron chi connectivity index (χ3n) is 5.33. The van der Waals surface area contributed by atoms with E-state index in [1.165, 1.54) is 0 Å². The average molecular weight is 443 g/mol. The Labute approximate surface area is 189 Å². The molecule has 3 heterocycles. The van der Waals surface area contributed by atoms with Gasteiger partial charge in [0.1, 0.15) is 22.7 Å². The van der Waals surface area contributed by atoms with Crippen molar-refractivity contribution in [3.63, 3.8) is 0 Å². The van der Waals surface area contributed by atoms with Crippen LogP contribution in [0.5, 0.6) is 0 Å². The molecule has 5 rings (SSSR count). The van der Waals surface area contributed by atoms with Crippen molar-refractivity contribution in [2.24, 2.45) is 0 Å². The summed E-state index contributed by atoms with van der Waals surface area (Å²) in [6, 6.07) is 22.6. The molecule has 0 radical (unpaired) electrons. The summed E-state index contributed by atoms with van der Waals surface area (Å²) in [4.78, 5) is 20.1. The fourth-order valence-corrected chi connectivity index (χ4v) is 3.97. The van der Waals surface area contributed by atoms with Gasteiger partial charge >= 0.3 is 0 Å². The Bertz CT molecular complexity index is 1410. The van der Waals surface area contributed by atoms with Gasteiger partial charge in [-0.25, -0.2) is 4.98 Å². The van der Waals surface area contributed by atoms with Gasteiger partial charge in [-0.3, -0.25) is 4.79 Å². The van der Waals surface area contributed by atoms with E-state index >= 15 is 0 Å². The van der Waals surface area contributed by atoms with E-state index in [1.807, 2.05) is 77.3 Å². The minimum Gasteiger partial charge on any atom is -0.360 e. The topological polar surface area (TPSA) is 63.6 Å². The summed E-state index contributed by atoms with van der Waals surface area (Å²) < 4.78 is 7.41. The van der Waals surface area contributed by atoms with Crippen molar-refractivity contribution in [3.05, 3.63) is 107 Å². The molecule has 0 N–H and O–H groups in total. The first-order valence-electron chi connectivity index (χ1n) is 10.1. The highest BCUT2D eigenvalue weighted by Crippen LogP contribution is 2.33. The van der Waals surface area contributed by atoms with Gasteiger partial charge in [-0.1, -0.05) is 59.2 Å². The molecule has 3 aromatic heterocycles. The lowest BCUT2D eigenvalue weighted by molar-refractivity contribution is 0.0984. The second-order valence-electron chi connectivity index (χ2n) is 7.35. The van der Waals surface area contributed by atoms with E-state index in [-0.39, 0.29) is 5.91 Å². The summed E-state index contributed by atoms with van der Waals surface area (Å²) in [6.45, 7) is 2.05. The molecular weight excluding hydrogens is 424 g/mol. The van der Waals surface area contributed by atoms with Crippen molar-refractivity contribution in [3.8, 4) is 11.3 Å². The molecule has 0 aliphatic rings. The van der Waals surface area contributed by atoms with Gasteiger partial charge in [0.25, 0.3) is 5.91 Å². The van der Waals surface area contributed by atoms with Crippen LogP contribution in [-0.2, 0) is 6.54 Å². The van der Waals surface area contributed by atoms with Gasteiger partial charge in [0.05, 0.1) is 23.5 Å². The third kappa shape index (κ3) is 3.55. The molecular formula is C25H19ClN4O2. The van der Waals surface area contributed by atoms with Crippen LogP contribution in [0.25, 0.3) is 16.9 Å². The monoisotopic (exact) mass is 442 g/mol. The number of anilines is 1. The van der Waals surface area contributed by atoms with Gasteiger partial charge in [0.15, 0.2) is 0 Å². The summed E-state index contributed by atoms with van der Waals surface area (Å²) in [6.07, 6.45) is 3.72. The molecule has 0 fully saturated rings. The van der Waals surface area contributed by atoms with Crippen molar-refractivity contribution >= 4 is 28.8 Å². The molecule has 0 atom stereocenters. The molecule has 0 spiro atoms. The summed E-state index contributed by atoms with van der Waals surface area (Å²) >= 11 is 6.40. The van der Waals surface area contributed by atoms with Gasteiger partial charge in [-0.05, 0) is 37.3 Å². The molecule has 6 nitrogen and oxygen atoms in total. The molecule has 0 aliphatic heterocycles. The zero-order valence-electron chi connectivity index (χ0n) is 17.3. The fourth-order valence-electron chi connectivity index (χ4n) is 3.75. The largest absolute Gasteiger partial charge is 0.360 e. The Kier molecular flexibility index (Phi) is 5.21. The Morgan fingerprint density at radius 2 is 1.78 bits per heavy atom. The van der Waals surface area contributed by atoms with Crippen molar-refractivity contribution in [1.82, 2.24) is 14.5 Å². The minimum absolute atomic E-state index is 0.226. The van der Waals surface area contributed by atoms with Crippen molar-refractivity contribution in [2.45, 2.75) is 13.5 Å². The van der Waals surface area contributed by atoms with Crippen LogP contribution in [0.2, 0.25) is 5.02 Å². The van der Waals surface area contributed by atoms with Crippen LogP contribution in [0.1, 0.15) is 21.8 Å². The third-order valence-corrected chi connectivity index (χ3v) is 5.66. The standard InChI is InChI=1S/C25H19ClN4O2/c1-17-23(24(28-32-17)20-11-5-6-12-21(20)26)25(31)30(18-9-3-2-4-10-18)16-19-15-27-22-13-7-8-14-29(19)22/h2-15H,16H2,1H3. The average Bonchev–Trinajstić information content (AvgIpc) is 3.41. The van der Waals surface area contributed by atoms with Crippen LogP contribution in [0.3, 0.4) is 0 Å². The highest BCUT2D eigenvalue weighted by atomic mass is 35.5. The van der Waals surface area contributed by atoms with Crippen LogP contribution >= 0.6 is 11.6 Å². The first kappa shape index (κ1) is 20.0. The second-order valence-corrected chi connectivity index (χ2v) is 7.75. The minimum atomic E-state index is -0.226. The fraction of sp³-hybridized carbons (Fsp3) is 0.0800. The number of hydrogen-bond donors (Lipinski definition) is 0. The normalized spacial score (nSPS) is 11.1. The van der Waals surface area contributed by atoms with E-state index in [0.29, 0.717) is 34.1 Å². The van der Waals surface area contributed by atoms with E-state index < -0.39 is 0 Å². The zero-order chi connectivity index (χ0) is 22.1. The number of halogens is 1. The number of para-hydroxylation sites is 1. The number of carbonyl (C=O) groups excluding carboxylic acids is 1. The number of imidazole rings is 1. The van der Waals surface area contributed by atoms with Crippen LogP contribution < -0.4 is 4.90 Å². The molecule has 1 amide bonds. The van der Waals surface area contributed by atoms with E-state index in [4.69, 9.17) is 16.1 Å². The lowest BCUT2D eigenvalue weighted by Gasteiger charge is -2.23. The maximum atomic E-state index is 13.9. The van der Waals surface area contributed by atoms with E-state index in [2.05, 4.69) is 10.1 Å². The number of carbonyl (C=O) groups is 1. The Balaban J connectivity index is 1.61. The first-order valence-corrected chi connectivity index (χ1v) is 10.5. The molecule has 158 valence electrons. The Morgan fingerprint density at radius 3 is 2.59 bits per heavy atom. The van der Waals surface area contributed by atoms with Gasteiger partial charge in [-0.15, -0.1) is 0 Å². The molecule has 2 aromatic carbocycles. The summed E-state index contributed by atoms with van der Waals surface area (Å²) in [5.74, 6) is 0.208. The number of nitrogens with zero attached hydrogens (tertiary/aromatic N) is 4. The van der Waals surface area contributed by atoms with Crippen LogP contribution in [0.15, 0.2) is 89.7 Å². The van der Waals surface area contributed by atoms with Gasteiger partial charge in [0, 0.05) is 17.4 Å². The van der Waals surface area contributed by atoms with Crippen LogP contribution in [-0.4, -0.2) is 20.4 Å². The maximum absolute atomic E-state index is 13.9. The molecule has 0 saturated heterocycles. The van der Waals surface area contributed by atoms with Crippen molar-refractivity contribution in [2.75, 3.05) is 4.90 Å². The van der Waals surface area contributed by atoms with Gasteiger partial charge < -0.3 is 13.8 Å². The lowest BCUT2D eigenvalue weighted by atomic mass is 10.0. The number of pyridine rings is 1. The zero-order valence-corrected chi connectivity index (χ0v) is 18.0. The lowest BCUT2D eigenvalue weighted by Crippen LogP contribution is -2.31. The summed E-state index contributed by atoms with van der Waals surface area (Å²) in [5.41, 5.74) is 3.92. The predicted octanol–water partition coefficient (Wildman–Crippen LogP) is 5.80. The summed E-state index contributed by atoms with van der Waals surface area (Å²) in [7, 11) is 0. The van der Waals surface area contributed by atoms with Crippen LogP contribution in [0, 0.1) is 6.92 Å². The predicted molar refractivity (Wildman–Crippen MR) is 124 cm³/mol. The number of aryl methyl sites for hydroxylation is 1. The molecule has 0 unspecified atom stereocenters. The van der Waals surface area contributed by atoms with Crippen LogP contribution in [0.4, 0.5) is 5.69 Å². The number of hydrogen-bond acceptors (Lipinski definition) is 4. The van der Waals surface area contributed by atoms with Crippen molar-refractivity contribution < 1.29 is 9.32 Å². The van der Waals surface area contributed by atoms with E-state index in [9.17, 15) is 4.79 Å². The van der Waals surface area contributed by atoms with Gasteiger partial charge in [-0.2, -0.15) is 0 Å². The smallest absolute Gasteiger partial charge is 0.264 e. The number of benzene rings is 2.